The van der Waals surface area contributed by atoms with Crippen LogP contribution in [0.1, 0.15) is 19.8 Å². The van der Waals surface area contributed by atoms with E-state index in [1.54, 1.807) is 0 Å². The van der Waals surface area contributed by atoms with Crippen molar-refractivity contribution in [2.24, 2.45) is 5.92 Å². The predicted molar refractivity (Wildman–Crippen MR) is 57.9 cm³/mol. The molecule has 0 aromatic heterocycles. The highest BCUT2D eigenvalue weighted by Gasteiger charge is 2.13. The van der Waals surface area contributed by atoms with Crippen molar-refractivity contribution in [2.45, 2.75) is 19.8 Å². The normalized spacial score (nSPS) is 20.4. The van der Waals surface area contributed by atoms with Crippen LogP contribution in [0.2, 0.25) is 0 Å². The van der Waals surface area contributed by atoms with E-state index in [2.05, 4.69) is 23.7 Å². The van der Waals surface area contributed by atoms with Crippen LogP contribution in [0.15, 0.2) is 12.7 Å². The molecular weight excluding hydrogens is 160 g/mol. The van der Waals surface area contributed by atoms with Gasteiger partial charge in [-0.15, -0.1) is 6.58 Å². The third-order valence-electron chi connectivity index (χ3n) is 2.55. The minimum absolute atomic E-state index is 0.762. The smallest absolute Gasteiger partial charge is 0.0132 e. The lowest BCUT2D eigenvalue weighted by atomic mass is 10.1. The molecule has 1 rings (SSSR count). The lowest BCUT2D eigenvalue weighted by molar-refractivity contribution is 0.284. The first-order valence-corrected chi connectivity index (χ1v) is 5.37. The van der Waals surface area contributed by atoms with Gasteiger partial charge in [-0.2, -0.15) is 0 Å². The fourth-order valence-electron chi connectivity index (χ4n) is 1.90. The molecule has 1 atom stereocenters. The molecule has 0 spiro atoms. The zero-order valence-corrected chi connectivity index (χ0v) is 8.76. The maximum atomic E-state index is 3.69. The van der Waals surface area contributed by atoms with Gasteiger partial charge in [-0.25, -0.2) is 0 Å². The first kappa shape index (κ1) is 10.7. The van der Waals surface area contributed by atoms with Crippen molar-refractivity contribution in [3.05, 3.63) is 12.7 Å². The number of rotatable bonds is 6. The fourth-order valence-corrected chi connectivity index (χ4v) is 1.90. The van der Waals surface area contributed by atoms with E-state index in [1.165, 1.54) is 32.5 Å². The van der Waals surface area contributed by atoms with Crippen molar-refractivity contribution in [3.8, 4) is 0 Å². The SMILES string of the molecule is C=CCNCC(C)CN1CCCC1. The third kappa shape index (κ3) is 4.44. The molecule has 1 aliphatic heterocycles. The summed E-state index contributed by atoms with van der Waals surface area (Å²) in [4.78, 5) is 2.57. The summed E-state index contributed by atoms with van der Waals surface area (Å²) >= 11 is 0. The van der Waals surface area contributed by atoms with Gasteiger partial charge < -0.3 is 10.2 Å². The molecule has 1 N–H and O–H groups in total. The Labute approximate surface area is 82.0 Å². The summed E-state index contributed by atoms with van der Waals surface area (Å²) in [6.07, 6.45) is 4.71. The highest BCUT2D eigenvalue weighted by atomic mass is 15.1. The van der Waals surface area contributed by atoms with Crippen LogP contribution in [0.25, 0.3) is 0 Å². The van der Waals surface area contributed by atoms with Gasteiger partial charge in [0.15, 0.2) is 0 Å². The Hall–Kier alpha value is -0.340. The van der Waals surface area contributed by atoms with E-state index in [4.69, 9.17) is 0 Å². The van der Waals surface area contributed by atoms with Crippen molar-refractivity contribution >= 4 is 0 Å². The summed E-state index contributed by atoms with van der Waals surface area (Å²) in [6.45, 7) is 11.9. The summed E-state index contributed by atoms with van der Waals surface area (Å²) in [5.74, 6) is 0.762. The summed E-state index contributed by atoms with van der Waals surface area (Å²) in [5, 5.41) is 3.36. The van der Waals surface area contributed by atoms with E-state index in [0.717, 1.165) is 19.0 Å². The van der Waals surface area contributed by atoms with Gasteiger partial charge in [-0.3, -0.25) is 0 Å². The standard InChI is InChI=1S/C11H22N2/c1-3-6-12-9-11(2)10-13-7-4-5-8-13/h3,11-12H,1,4-10H2,2H3. The minimum Gasteiger partial charge on any atom is -0.313 e. The fraction of sp³-hybridized carbons (Fsp3) is 0.818. The quantitative estimate of drug-likeness (QED) is 0.494. The molecule has 2 nitrogen and oxygen atoms in total. The molecule has 0 amide bonds. The second-order valence-electron chi connectivity index (χ2n) is 4.06. The molecule has 1 fully saturated rings. The van der Waals surface area contributed by atoms with Crippen LogP contribution in [-0.2, 0) is 0 Å². The number of nitrogens with zero attached hydrogens (tertiary/aromatic N) is 1. The van der Waals surface area contributed by atoms with E-state index in [9.17, 15) is 0 Å². The van der Waals surface area contributed by atoms with E-state index in [0.29, 0.717) is 0 Å². The van der Waals surface area contributed by atoms with Crippen molar-refractivity contribution in [3.63, 3.8) is 0 Å². The van der Waals surface area contributed by atoms with Crippen molar-refractivity contribution in [1.82, 2.24) is 10.2 Å². The highest BCUT2D eigenvalue weighted by molar-refractivity contribution is 4.73. The van der Waals surface area contributed by atoms with Gasteiger partial charge in [0.05, 0.1) is 0 Å². The summed E-state index contributed by atoms with van der Waals surface area (Å²) in [7, 11) is 0. The topological polar surface area (TPSA) is 15.3 Å². The third-order valence-corrected chi connectivity index (χ3v) is 2.55. The van der Waals surface area contributed by atoms with Crippen molar-refractivity contribution in [2.75, 3.05) is 32.7 Å². The van der Waals surface area contributed by atoms with Gasteiger partial charge in [-0.1, -0.05) is 13.0 Å². The molecule has 0 aromatic carbocycles. The van der Waals surface area contributed by atoms with Gasteiger partial charge in [0.25, 0.3) is 0 Å². The Morgan fingerprint density at radius 2 is 2.15 bits per heavy atom. The maximum absolute atomic E-state index is 3.69. The summed E-state index contributed by atoms with van der Waals surface area (Å²) in [6, 6.07) is 0. The van der Waals surface area contributed by atoms with Crippen LogP contribution in [0.5, 0.6) is 0 Å². The van der Waals surface area contributed by atoms with Crippen molar-refractivity contribution < 1.29 is 0 Å². The van der Waals surface area contributed by atoms with Gasteiger partial charge >= 0.3 is 0 Å². The van der Waals surface area contributed by atoms with Gasteiger partial charge in [-0.05, 0) is 38.4 Å². The Kier molecular flexibility index (Phi) is 5.09. The summed E-state index contributed by atoms with van der Waals surface area (Å²) in [5.41, 5.74) is 0. The first-order valence-electron chi connectivity index (χ1n) is 5.37. The zero-order chi connectivity index (χ0) is 9.52. The number of hydrogen-bond acceptors (Lipinski definition) is 2. The second-order valence-corrected chi connectivity index (χ2v) is 4.06. The molecule has 13 heavy (non-hydrogen) atoms. The zero-order valence-electron chi connectivity index (χ0n) is 8.76. The second kappa shape index (κ2) is 6.17. The molecule has 1 aliphatic rings. The molecule has 1 saturated heterocycles. The Balaban J connectivity index is 2.02. The van der Waals surface area contributed by atoms with Crippen LogP contribution < -0.4 is 5.32 Å². The molecule has 0 aromatic rings. The van der Waals surface area contributed by atoms with E-state index >= 15 is 0 Å². The molecular formula is C11H22N2. The van der Waals surface area contributed by atoms with Crippen LogP contribution in [0.3, 0.4) is 0 Å². The Morgan fingerprint density at radius 3 is 2.77 bits per heavy atom. The number of likely N-dealkylation sites (tertiary alicyclic amines) is 1. The minimum atomic E-state index is 0.762. The Bertz CT molecular complexity index is 139. The lowest BCUT2D eigenvalue weighted by Crippen LogP contribution is -2.31. The molecule has 2 heteroatoms. The molecule has 1 heterocycles. The maximum Gasteiger partial charge on any atom is 0.0132 e. The largest absolute Gasteiger partial charge is 0.313 e. The molecule has 0 aliphatic carbocycles. The van der Waals surface area contributed by atoms with Crippen LogP contribution in [0, 0.1) is 5.92 Å². The predicted octanol–water partition coefficient (Wildman–Crippen LogP) is 1.49. The van der Waals surface area contributed by atoms with E-state index in [-0.39, 0.29) is 0 Å². The van der Waals surface area contributed by atoms with Crippen LogP contribution in [-0.4, -0.2) is 37.6 Å². The molecule has 76 valence electrons. The summed E-state index contributed by atoms with van der Waals surface area (Å²) < 4.78 is 0. The molecule has 0 saturated carbocycles. The average Bonchev–Trinajstić information content (AvgIpc) is 2.57. The van der Waals surface area contributed by atoms with Gasteiger partial charge in [0.1, 0.15) is 0 Å². The molecule has 1 unspecified atom stereocenters. The molecule has 0 bridgehead atoms. The van der Waals surface area contributed by atoms with E-state index in [1.807, 2.05) is 6.08 Å². The number of nitrogens with one attached hydrogen (secondary N) is 1. The Morgan fingerprint density at radius 1 is 1.46 bits per heavy atom. The van der Waals surface area contributed by atoms with Gasteiger partial charge in [0.2, 0.25) is 0 Å². The highest BCUT2D eigenvalue weighted by Crippen LogP contribution is 2.09. The van der Waals surface area contributed by atoms with E-state index < -0.39 is 0 Å². The van der Waals surface area contributed by atoms with Crippen LogP contribution >= 0.6 is 0 Å². The lowest BCUT2D eigenvalue weighted by Gasteiger charge is -2.20. The molecule has 0 radical (unpaired) electrons. The van der Waals surface area contributed by atoms with Crippen LogP contribution in [0.4, 0.5) is 0 Å². The van der Waals surface area contributed by atoms with Gasteiger partial charge in [0, 0.05) is 13.1 Å². The average molecular weight is 182 g/mol. The number of hydrogen-bond donors (Lipinski definition) is 1. The van der Waals surface area contributed by atoms with Crippen molar-refractivity contribution in [1.29, 1.82) is 0 Å². The monoisotopic (exact) mass is 182 g/mol. The first-order chi connectivity index (χ1) is 6.33.